The Hall–Kier alpha value is -1.09. The van der Waals surface area contributed by atoms with Crippen molar-refractivity contribution in [3.05, 3.63) is 0 Å². The fourth-order valence-electron chi connectivity index (χ4n) is 2.57. The molecule has 5 heteroatoms. The zero-order chi connectivity index (χ0) is 14.9. The Morgan fingerprint density at radius 1 is 1.33 bits per heavy atom. The van der Waals surface area contributed by atoms with Gasteiger partial charge in [0.25, 0.3) is 0 Å². The Labute approximate surface area is 126 Å². The van der Waals surface area contributed by atoms with Crippen LogP contribution in [0.4, 0.5) is 0 Å². The summed E-state index contributed by atoms with van der Waals surface area (Å²) < 4.78 is 16.1. The lowest BCUT2D eigenvalue weighted by atomic mass is 10.0. The molecule has 2 heterocycles. The molecule has 0 aromatic carbocycles. The Kier molecular flexibility index (Phi) is 7.01. The second kappa shape index (κ2) is 9.04. The molecule has 21 heavy (non-hydrogen) atoms. The number of rotatable bonds is 6. The van der Waals surface area contributed by atoms with Crippen molar-refractivity contribution in [1.82, 2.24) is 0 Å². The van der Waals surface area contributed by atoms with E-state index in [4.69, 9.17) is 14.2 Å². The number of carbonyl (C=O) groups is 1. The van der Waals surface area contributed by atoms with Crippen LogP contribution in [-0.4, -0.2) is 58.1 Å². The van der Waals surface area contributed by atoms with Gasteiger partial charge in [-0.15, -0.1) is 0 Å². The molecule has 2 fully saturated rings. The molecule has 118 valence electrons. The first-order chi connectivity index (χ1) is 10.3. The first-order valence-corrected chi connectivity index (χ1v) is 7.95. The van der Waals surface area contributed by atoms with E-state index in [0.29, 0.717) is 13.0 Å². The summed E-state index contributed by atoms with van der Waals surface area (Å²) in [5, 5.41) is 0. The fourth-order valence-corrected chi connectivity index (χ4v) is 2.57. The molecule has 0 aromatic rings. The lowest BCUT2D eigenvalue weighted by Crippen LogP contribution is -3.14. The fraction of sp³-hybridized carbons (Fsp3) is 0.812. The minimum Gasteiger partial charge on any atom is -0.460 e. The third kappa shape index (κ3) is 5.66. The van der Waals surface area contributed by atoms with Crippen molar-refractivity contribution in [3.8, 4) is 11.8 Å². The first kappa shape index (κ1) is 16.3. The van der Waals surface area contributed by atoms with E-state index >= 15 is 0 Å². The van der Waals surface area contributed by atoms with Crippen molar-refractivity contribution >= 4 is 5.97 Å². The molecule has 0 unspecified atom stereocenters. The van der Waals surface area contributed by atoms with E-state index < -0.39 is 0 Å². The van der Waals surface area contributed by atoms with Gasteiger partial charge in [-0.05, 0) is 12.3 Å². The molecular weight excluding hydrogens is 270 g/mol. The van der Waals surface area contributed by atoms with Crippen LogP contribution in [-0.2, 0) is 19.0 Å². The molecule has 0 spiro atoms. The van der Waals surface area contributed by atoms with Gasteiger partial charge in [0.05, 0.1) is 25.7 Å². The first-order valence-electron chi connectivity index (χ1n) is 7.95. The minimum atomic E-state index is -0.117. The predicted octanol–water partition coefficient (Wildman–Crippen LogP) is -0.347. The SMILES string of the molecule is CCCOC[C@H]1C[C@@H](CC#CC[NH+]2CCOCC2)C(=O)O1. The van der Waals surface area contributed by atoms with E-state index in [-0.39, 0.29) is 18.0 Å². The number of hydrogen-bond donors (Lipinski definition) is 1. The van der Waals surface area contributed by atoms with Crippen molar-refractivity contribution in [2.75, 3.05) is 46.1 Å². The Bertz CT molecular complexity index is 381. The van der Waals surface area contributed by atoms with E-state index in [0.717, 1.165) is 52.3 Å². The second-order valence-corrected chi connectivity index (χ2v) is 5.66. The van der Waals surface area contributed by atoms with Crippen LogP contribution in [0, 0.1) is 17.8 Å². The van der Waals surface area contributed by atoms with Crippen LogP contribution < -0.4 is 4.90 Å². The number of quaternary nitrogens is 1. The summed E-state index contributed by atoms with van der Waals surface area (Å²) in [6.45, 7) is 7.84. The van der Waals surface area contributed by atoms with E-state index in [1.807, 2.05) is 0 Å². The summed E-state index contributed by atoms with van der Waals surface area (Å²) in [5.41, 5.74) is 0. The molecule has 2 saturated heterocycles. The number of esters is 1. The number of nitrogens with one attached hydrogen (secondary N) is 1. The molecule has 0 aliphatic carbocycles. The minimum absolute atomic E-state index is 0.0765. The summed E-state index contributed by atoms with van der Waals surface area (Å²) in [6, 6.07) is 0. The van der Waals surface area contributed by atoms with Crippen molar-refractivity contribution in [1.29, 1.82) is 0 Å². The van der Waals surface area contributed by atoms with Gasteiger partial charge < -0.3 is 19.1 Å². The quantitative estimate of drug-likeness (QED) is 0.414. The monoisotopic (exact) mass is 296 g/mol. The third-order valence-electron chi connectivity index (χ3n) is 3.83. The van der Waals surface area contributed by atoms with E-state index in [1.54, 1.807) is 0 Å². The van der Waals surface area contributed by atoms with Gasteiger partial charge in [-0.1, -0.05) is 12.8 Å². The number of carbonyl (C=O) groups excluding carboxylic acids is 1. The Morgan fingerprint density at radius 3 is 2.90 bits per heavy atom. The van der Waals surface area contributed by atoms with Crippen LogP contribution in [0.15, 0.2) is 0 Å². The van der Waals surface area contributed by atoms with Gasteiger partial charge in [0.2, 0.25) is 0 Å². The largest absolute Gasteiger partial charge is 0.460 e. The van der Waals surface area contributed by atoms with E-state index in [1.165, 1.54) is 4.90 Å². The van der Waals surface area contributed by atoms with Gasteiger partial charge in [-0.3, -0.25) is 4.79 Å². The summed E-state index contributed by atoms with van der Waals surface area (Å²) in [4.78, 5) is 13.2. The highest BCUT2D eigenvalue weighted by Gasteiger charge is 2.33. The topological polar surface area (TPSA) is 49.2 Å². The van der Waals surface area contributed by atoms with Gasteiger partial charge in [0.15, 0.2) is 0 Å². The van der Waals surface area contributed by atoms with Crippen LogP contribution >= 0.6 is 0 Å². The zero-order valence-corrected chi connectivity index (χ0v) is 12.9. The molecule has 0 aromatic heterocycles. The maximum absolute atomic E-state index is 11.7. The molecule has 0 amide bonds. The van der Waals surface area contributed by atoms with Gasteiger partial charge in [0.1, 0.15) is 25.7 Å². The summed E-state index contributed by atoms with van der Waals surface area (Å²) >= 11 is 0. The lowest BCUT2D eigenvalue weighted by Gasteiger charge is -2.21. The molecule has 0 bridgehead atoms. The summed E-state index contributed by atoms with van der Waals surface area (Å²) in [5.74, 6) is 6.13. The van der Waals surface area contributed by atoms with Gasteiger partial charge in [-0.2, -0.15) is 0 Å². The van der Waals surface area contributed by atoms with Crippen LogP contribution in [0.25, 0.3) is 0 Å². The van der Waals surface area contributed by atoms with Crippen molar-refractivity contribution < 1.29 is 23.9 Å². The highest BCUT2D eigenvalue weighted by Crippen LogP contribution is 2.23. The van der Waals surface area contributed by atoms with Gasteiger partial charge in [-0.25, -0.2) is 0 Å². The molecule has 1 N–H and O–H groups in total. The van der Waals surface area contributed by atoms with Crippen LogP contribution in [0.3, 0.4) is 0 Å². The molecule has 2 rings (SSSR count). The molecule has 2 aliphatic rings. The van der Waals surface area contributed by atoms with Crippen molar-refractivity contribution in [2.45, 2.75) is 32.3 Å². The molecule has 2 aliphatic heterocycles. The summed E-state index contributed by atoms with van der Waals surface area (Å²) in [7, 11) is 0. The third-order valence-corrected chi connectivity index (χ3v) is 3.83. The molecule has 0 saturated carbocycles. The smallest absolute Gasteiger partial charge is 0.310 e. The Balaban J connectivity index is 1.65. The number of morpholine rings is 1. The van der Waals surface area contributed by atoms with E-state index in [9.17, 15) is 4.79 Å². The highest BCUT2D eigenvalue weighted by atomic mass is 16.6. The summed E-state index contributed by atoms with van der Waals surface area (Å²) in [6.07, 6.45) is 2.24. The molecule has 0 radical (unpaired) electrons. The van der Waals surface area contributed by atoms with Crippen LogP contribution in [0.1, 0.15) is 26.2 Å². The zero-order valence-electron chi connectivity index (χ0n) is 12.9. The maximum atomic E-state index is 11.7. The van der Waals surface area contributed by atoms with Crippen LogP contribution in [0.5, 0.6) is 0 Å². The molecule has 5 nitrogen and oxygen atoms in total. The standard InChI is InChI=1S/C16H25NO4/c1-2-9-20-13-15-12-14(16(18)21-15)5-3-4-6-17-7-10-19-11-8-17/h14-15H,2,5-13H2,1H3/p+1/t14-,15-/m1/s1. The van der Waals surface area contributed by atoms with Gasteiger partial charge >= 0.3 is 5.97 Å². The number of ether oxygens (including phenoxy) is 3. The number of hydrogen-bond acceptors (Lipinski definition) is 4. The normalized spacial score (nSPS) is 26.2. The van der Waals surface area contributed by atoms with E-state index in [2.05, 4.69) is 18.8 Å². The molecular formula is C16H26NO4+. The lowest BCUT2D eigenvalue weighted by molar-refractivity contribution is -0.900. The molecule has 2 atom stereocenters. The Morgan fingerprint density at radius 2 is 2.14 bits per heavy atom. The second-order valence-electron chi connectivity index (χ2n) is 5.66. The highest BCUT2D eigenvalue weighted by molar-refractivity contribution is 5.75. The van der Waals surface area contributed by atoms with Crippen LogP contribution in [0.2, 0.25) is 0 Å². The van der Waals surface area contributed by atoms with Crippen molar-refractivity contribution in [3.63, 3.8) is 0 Å². The van der Waals surface area contributed by atoms with Gasteiger partial charge in [0, 0.05) is 19.4 Å². The number of cyclic esters (lactones) is 1. The predicted molar refractivity (Wildman–Crippen MR) is 77.9 cm³/mol. The van der Waals surface area contributed by atoms with Crippen molar-refractivity contribution in [2.24, 2.45) is 5.92 Å². The average molecular weight is 296 g/mol. The maximum Gasteiger partial charge on any atom is 0.310 e. The average Bonchev–Trinajstić information content (AvgIpc) is 2.85.